The number of aromatic nitrogens is 1. The van der Waals surface area contributed by atoms with Gasteiger partial charge in [-0.05, 0) is 48.7 Å². The molecule has 2 heterocycles. The van der Waals surface area contributed by atoms with E-state index in [0.29, 0.717) is 18.0 Å². The predicted octanol–water partition coefficient (Wildman–Crippen LogP) is 4.12. The van der Waals surface area contributed by atoms with Crippen molar-refractivity contribution in [2.24, 2.45) is 0 Å². The number of amides is 1. The largest absolute Gasteiger partial charge is 0.497 e. The highest BCUT2D eigenvalue weighted by atomic mass is 16.5. The first-order valence-corrected chi connectivity index (χ1v) is 9.19. The molecule has 1 aliphatic heterocycles. The second-order valence-electron chi connectivity index (χ2n) is 6.80. The van der Waals surface area contributed by atoms with Crippen LogP contribution in [-0.4, -0.2) is 36.7 Å². The Kier molecular flexibility index (Phi) is 4.77. The van der Waals surface area contributed by atoms with Crippen molar-refractivity contribution in [3.05, 3.63) is 65.4 Å². The second kappa shape index (κ2) is 7.38. The highest BCUT2D eigenvalue weighted by molar-refractivity contribution is 5.93. The van der Waals surface area contributed by atoms with Crippen molar-refractivity contribution in [3.63, 3.8) is 0 Å². The van der Waals surface area contributed by atoms with Gasteiger partial charge in [0.15, 0.2) is 11.5 Å². The molecular weight excluding hydrogens is 356 g/mol. The van der Waals surface area contributed by atoms with Gasteiger partial charge in [-0.15, -0.1) is 0 Å². The minimum atomic E-state index is -0.133. The average molecular weight is 378 g/mol. The Bertz CT molecular complexity index is 1010. The lowest BCUT2D eigenvalue weighted by Crippen LogP contribution is -2.39. The van der Waals surface area contributed by atoms with Crippen LogP contribution >= 0.6 is 0 Å². The SMILES string of the molecule is COc1cccc(-c2cc(C(=O)N3CCc4cc(OC)ccc4C3C)no2)c1. The van der Waals surface area contributed by atoms with Crippen LogP contribution in [0.1, 0.15) is 34.6 Å². The summed E-state index contributed by atoms with van der Waals surface area (Å²) >= 11 is 0. The van der Waals surface area contributed by atoms with Crippen molar-refractivity contribution in [2.45, 2.75) is 19.4 Å². The normalized spacial score (nSPS) is 15.8. The molecule has 0 aliphatic carbocycles. The Morgan fingerprint density at radius 2 is 1.89 bits per heavy atom. The third kappa shape index (κ3) is 3.22. The van der Waals surface area contributed by atoms with Crippen molar-refractivity contribution < 1.29 is 18.8 Å². The van der Waals surface area contributed by atoms with E-state index < -0.39 is 0 Å². The number of ether oxygens (including phenoxy) is 2. The highest BCUT2D eigenvalue weighted by Gasteiger charge is 2.30. The van der Waals surface area contributed by atoms with Gasteiger partial charge in [0.1, 0.15) is 11.5 Å². The molecule has 1 aromatic heterocycles. The lowest BCUT2D eigenvalue weighted by molar-refractivity contribution is 0.0667. The zero-order valence-corrected chi connectivity index (χ0v) is 16.1. The average Bonchev–Trinajstić information content (AvgIpc) is 3.23. The van der Waals surface area contributed by atoms with E-state index in [9.17, 15) is 4.79 Å². The van der Waals surface area contributed by atoms with Crippen molar-refractivity contribution in [1.29, 1.82) is 0 Å². The molecular formula is C22H22N2O4. The lowest BCUT2D eigenvalue weighted by Gasteiger charge is -2.35. The monoisotopic (exact) mass is 378 g/mol. The van der Waals surface area contributed by atoms with Gasteiger partial charge in [0.25, 0.3) is 5.91 Å². The van der Waals surface area contributed by atoms with Crippen LogP contribution in [0, 0.1) is 0 Å². The van der Waals surface area contributed by atoms with E-state index in [2.05, 4.69) is 5.16 Å². The molecule has 0 spiro atoms. The van der Waals surface area contributed by atoms with E-state index in [4.69, 9.17) is 14.0 Å². The fourth-order valence-electron chi connectivity index (χ4n) is 3.65. The molecule has 0 bridgehead atoms. The number of hydrogen-bond donors (Lipinski definition) is 0. The van der Waals surface area contributed by atoms with E-state index in [0.717, 1.165) is 29.0 Å². The molecule has 0 radical (unpaired) electrons. The van der Waals surface area contributed by atoms with Gasteiger partial charge in [-0.25, -0.2) is 0 Å². The summed E-state index contributed by atoms with van der Waals surface area (Å²) in [5.41, 5.74) is 3.47. The number of carbonyl (C=O) groups excluding carboxylic acids is 1. The van der Waals surface area contributed by atoms with Crippen LogP contribution in [0.4, 0.5) is 0 Å². The summed E-state index contributed by atoms with van der Waals surface area (Å²) in [6.45, 7) is 2.66. The molecule has 1 amide bonds. The summed E-state index contributed by atoms with van der Waals surface area (Å²) in [5.74, 6) is 1.97. The molecule has 1 atom stereocenters. The van der Waals surface area contributed by atoms with E-state index in [1.54, 1.807) is 20.3 Å². The highest BCUT2D eigenvalue weighted by Crippen LogP contribution is 2.33. The Labute approximate surface area is 163 Å². The van der Waals surface area contributed by atoms with Crippen molar-refractivity contribution >= 4 is 5.91 Å². The molecule has 144 valence electrons. The summed E-state index contributed by atoms with van der Waals surface area (Å²) in [4.78, 5) is 14.9. The summed E-state index contributed by atoms with van der Waals surface area (Å²) in [7, 11) is 3.27. The summed E-state index contributed by atoms with van der Waals surface area (Å²) < 4.78 is 16.0. The first-order valence-electron chi connectivity index (χ1n) is 9.19. The molecule has 1 aliphatic rings. The minimum Gasteiger partial charge on any atom is -0.497 e. The molecule has 0 saturated heterocycles. The number of fused-ring (bicyclic) bond motifs is 1. The fraction of sp³-hybridized carbons (Fsp3) is 0.273. The molecule has 0 saturated carbocycles. The first kappa shape index (κ1) is 18.1. The first-order chi connectivity index (χ1) is 13.6. The zero-order valence-electron chi connectivity index (χ0n) is 16.1. The third-order valence-corrected chi connectivity index (χ3v) is 5.23. The van der Waals surface area contributed by atoms with Gasteiger partial charge in [-0.1, -0.05) is 23.4 Å². The topological polar surface area (TPSA) is 64.8 Å². The Morgan fingerprint density at radius 3 is 2.68 bits per heavy atom. The number of methoxy groups -OCH3 is 2. The standard InChI is InChI=1S/C22H22N2O4/c1-14-19-8-7-18(27-3)11-15(19)9-10-24(14)22(25)20-13-21(28-23-20)16-5-4-6-17(12-16)26-2/h4-8,11-14H,9-10H2,1-3H3. The van der Waals surface area contributed by atoms with E-state index in [1.807, 2.05) is 54.3 Å². The summed E-state index contributed by atoms with van der Waals surface area (Å²) in [6.07, 6.45) is 0.781. The van der Waals surface area contributed by atoms with Gasteiger partial charge < -0.3 is 18.9 Å². The van der Waals surface area contributed by atoms with Crippen LogP contribution in [0.2, 0.25) is 0 Å². The molecule has 0 N–H and O–H groups in total. The Balaban J connectivity index is 1.57. The molecule has 6 nitrogen and oxygen atoms in total. The number of carbonyl (C=O) groups is 1. The minimum absolute atomic E-state index is 0.0425. The summed E-state index contributed by atoms with van der Waals surface area (Å²) in [6, 6.07) is 15.1. The molecule has 3 aromatic rings. The van der Waals surface area contributed by atoms with Gasteiger partial charge >= 0.3 is 0 Å². The van der Waals surface area contributed by atoms with Crippen LogP contribution in [-0.2, 0) is 6.42 Å². The maximum atomic E-state index is 13.1. The second-order valence-corrected chi connectivity index (χ2v) is 6.80. The maximum Gasteiger partial charge on any atom is 0.276 e. The van der Waals surface area contributed by atoms with E-state index >= 15 is 0 Å². The molecule has 1 unspecified atom stereocenters. The predicted molar refractivity (Wildman–Crippen MR) is 105 cm³/mol. The quantitative estimate of drug-likeness (QED) is 0.683. The molecule has 4 rings (SSSR count). The lowest BCUT2D eigenvalue weighted by atomic mass is 9.93. The fourth-order valence-corrected chi connectivity index (χ4v) is 3.65. The number of rotatable bonds is 4. The van der Waals surface area contributed by atoms with Crippen LogP contribution in [0.15, 0.2) is 53.1 Å². The van der Waals surface area contributed by atoms with Gasteiger partial charge in [0.2, 0.25) is 0 Å². The van der Waals surface area contributed by atoms with E-state index in [-0.39, 0.29) is 11.9 Å². The van der Waals surface area contributed by atoms with Crippen LogP contribution < -0.4 is 9.47 Å². The smallest absolute Gasteiger partial charge is 0.276 e. The number of hydrogen-bond acceptors (Lipinski definition) is 5. The van der Waals surface area contributed by atoms with Gasteiger partial charge in [0.05, 0.1) is 20.3 Å². The third-order valence-electron chi connectivity index (χ3n) is 5.23. The van der Waals surface area contributed by atoms with Crippen molar-refractivity contribution in [2.75, 3.05) is 20.8 Å². The van der Waals surface area contributed by atoms with Gasteiger partial charge in [-0.2, -0.15) is 0 Å². The van der Waals surface area contributed by atoms with Crippen molar-refractivity contribution in [3.8, 4) is 22.8 Å². The maximum absolute atomic E-state index is 13.1. The van der Waals surface area contributed by atoms with Gasteiger partial charge in [-0.3, -0.25) is 4.79 Å². The molecule has 2 aromatic carbocycles. The number of nitrogens with zero attached hydrogens (tertiary/aromatic N) is 2. The Morgan fingerprint density at radius 1 is 1.11 bits per heavy atom. The van der Waals surface area contributed by atoms with Gasteiger partial charge in [0, 0.05) is 18.2 Å². The van der Waals surface area contributed by atoms with Crippen LogP contribution in [0.25, 0.3) is 11.3 Å². The summed E-state index contributed by atoms with van der Waals surface area (Å²) in [5, 5.41) is 4.01. The molecule has 28 heavy (non-hydrogen) atoms. The zero-order chi connectivity index (χ0) is 19.7. The van der Waals surface area contributed by atoms with E-state index in [1.165, 1.54) is 5.56 Å². The Hall–Kier alpha value is -3.28. The van der Waals surface area contributed by atoms with Crippen LogP contribution in [0.5, 0.6) is 11.5 Å². The molecule has 6 heteroatoms. The van der Waals surface area contributed by atoms with Crippen LogP contribution in [0.3, 0.4) is 0 Å². The van der Waals surface area contributed by atoms with Crippen molar-refractivity contribution in [1.82, 2.24) is 10.1 Å². The number of benzene rings is 2. The molecule has 0 fully saturated rings.